The van der Waals surface area contributed by atoms with Crippen molar-refractivity contribution in [1.29, 1.82) is 0 Å². The van der Waals surface area contributed by atoms with E-state index >= 15 is 0 Å². The van der Waals surface area contributed by atoms with Gasteiger partial charge in [0, 0.05) is 54.9 Å². The van der Waals surface area contributed by atoms with Crippen LogP contribution in [-0.2, 0) is 17.6 Å². The Morgan fingerprint density at radius 3 is 2.54 bits per heavy atom. The van der Waals surface area contributed by atoms with Crippen LogP contribution in [0.3, 0.4) is 0 Å². The van der Waals surface area contributed by atoms with E-state index in [9.17, 15) is 19.1 Å². The van der Waals surface area contributed by atoms with Crippen molar-refractivity contribution in [2.24, 2.45) is 0 Å². The average molecular weight is 536 g/mol. The van der Waals surface area contributed by atoms with E-state index in [-0.39, 0.29) is 16.6 Å². The van der Waals surface area contributed by atoms with Gasteiger partial charge in [0.15, 0.2) is 0 Å². The standard InChI is InChI=1S/C28H26FN3O3S2/c29-20-16-24(21-6-13-36-25(21)17-20)31-11-9-30(10-12-31)8-5-18-1-2-19-3-4-26(33)32(23(19)15-18)22-7-14-37-27(22)28(34)35/h1-2,6-7,13-17H,3-5,8-12H2,(H,34,35). The van der Waals surface area contributed by atoms with Gasteiger partial charge in [-0.15, -0.1) is 22.7 Å². The van der Waals surface area contributed by atoms with Crippen molar-refractivity contribution in [2.45, 2.75) is 19.3 Å². The maximum Gasteiger partial charge on any atom is 0.348 e. The molecule has 0 atom stereocenters. The summed E-state index contributed by atoms with van der Waals surface area (Å²) in [4.78, 5) is 31.1. The van der Waals surface area contributed by atoms with Crippen molar-refractivity contribution in [3.05, 3.63) is 75.0 Å². The number of aryl methyl sites for hydroxylation is 1. The molecule has 37 heavy (non-hydrogen) atoms. The lowest BCUT2D eigenvalue weighted by atomic mass is 9.97. The number of carboxylic acids is 1. The number of hydrogen-bond acceptors (Lipinski definition) is 6. The van der Waals surface area contributed by atoms with Crippen molar-refractivity contribution < 1.29 is 19.1 Å². The molecule has 0 radical (unpaired) electrons. The fraction of sp³-hybridized carbons (Fsp3) is 0.286. The molecule has 6 rings (SSSR count). The Labute approximate surface area is 222 Å². The zero-order valence-electron chi connectivity index (χ0n) is 20.2. The molecule has 2 aromatic carbocycles. The maximum absolute atomic E-state index is 14.2. The van der Waals surface area contributed by atoms with Gasteiger partial charge in [0.05, 0.1) is 11.4 Å². The molecule has 0 aliphatic carbocycles. The molecular weight excluding hydrogens is 509 g/mol. The lowest BCUT2D eigenvalue weighted by Crippen LogP contribution is -2.47. The lowest BCUT2D eigenvalue weighted by molar-refractivity contribution is -0.118. The molecule has 0 unspecified atom stereocenters. The van der Waals surface area contributed by atoms with Crippen molar-refractivity contribution in [1.82, 2.24) is 4.90 Å². The number of halogens is 1. The number of nitrogens with zero attached hydrogens (tertiary/aromatic N) is 3. The quantitative estimate of drug-likeness (QED) is 0.339. The molecule has 4 aromatic rings. The number of carbonyl (C=O) groups excluding carboxylic acids is 1. The van der Waals surface area contributed by atoms with Crippen LogP contribution in [0.25, 0.3) is 10.1 Å². The van der Waals surface area contributed by atoms with E-state index in [0.29, 0.717) is 18.5 Å². The molecule has 2 aliphatic rings. The zero-order chi connectivity index (χ0) is 25.5. The molecule has 4 heterocycles. The fourth-order valence-electron chi connectivity index (χ4n) is 5.36. The highest BCUT2D eigenvalue weighted by molar-refractivity contribution is 7.17. The molecule has 1 amide bonds. The summed E-state index contributed by atoms with van der Waals surface area (Å²) in [5, 5.41) is 14.4. The van der Waals surface area contributed by atoms with Crippen molar-refractivity contribution in [3.63, 3.8) is 0 Å². The van der Waals surface area contributed by atoms with Gasteiger partial charge < -0.3 is 10.0 Å². The molecule has 2 aliphatic heterocycles. The van der Waals surface area contributed by atoms with Crippen molar-refractivity contribution in [3.8, 4) is 0 Å². The molecule has 0 bridgehead atoms. The molecule has 1 fully saturated rings. The van der Waals surface area contributed by atoms with Gasteiger partial charge in [0.2, 0.25) is 5.91 Å². The summed E-state index contributed by atoms with van der Waals surface area (Å²) in [6, 6.07) is 13.3. The van der Waals surface area contributed by atoms with Gasteiger partial charge in [-0.1, -0.05) is 12.1 Å². The predicted molar refractivity (Wildman–Crippen MR) is 147 cm³/mol. The highest BCUT2D eigenvalue weighted by atomic mass is 32.1. The Morgan fingerprint density at radius 1 is 0.919 bits per heavy atom. The zero-order valence-corrected chi connectivity index (χ0v) is 21.8. The first-order valence-electron chi connectivity index (χ1n) is 12.4. The van der Waals surface area contributed by atoms with Crippen LogP contribution in [-0.4, -0.2) is 54.6 Å². The van der Waals surface area contributed by atoms with E-state index in [0.717, 1.165) is 83.1 Å². The first-order valence-corrected chi connectivity index (χ1v) is 14.1. The fourth-order valence-corrected chi connectivity index (χ4v) is 6.90. The number of amides is 1. The third-order valence-electron chi connectivity index (χ3n) is 7.27. The van der Waals surface area contributed by atoms with Crippen LogP contribution in [0.1, 0.15) is 27.2 Å². The number of fused-ring (bicyclic) bond motifs is 2. The first kappa shape index (κ1) is 24.1. The minimum Gasteiger partial charge on any atom is -0.477 e. The Hall–Kier alpha value is -3.27. The Morgan fingerprint density at radius 2 is 1.73 bits per heavy atom. The number of thiophene rings is 2. The van der Waals surface area contributed by atoms with E-state index in [1.165, 1.54) is 0 Å². The summed E-state index contributed by atoms with van der Waals surface area (Å²) in [6.07, 6.45) is 1.87. The average Bonchev–Trinajstić information content (AvgIpc) is 3.57. The second-order valence-corrected chi connectivity index (χ2v) is 11.3. The van der Waals surface area contributed by atoms with Crippen LogP contribution in [0.4, 0.5) is 21.5 Å². The van der Waals surface area contributed by atoms with Crippen molar-refractivity contribution >= 4 is 61.7 Å². The largest absolute Gasteiger partial charge is 0.477 e. The van der Waals surface area contributed by atoms with Crippen LogP contribution < -0.4 is 9.80 Å². The highest BCUT2D eigenvalue weighted by Gasteiger charge is 2.30. The molecule has 6 nitrogen and oxygen atoms in total. The van der Waals surface area contributed by atoms with E-state index in [1.807, 2.05) is 11.4 Å². The predicted octanol–water partition coefficient (Wildman–Crippen LogP) is 5.78. The van der Waals surface area contributed by atoms with Crippen molar-refractivity contribution in [2.75, 3.05) is 42.5 Å². The van der Waals surface area contributed by atoms with Gasteiger partial charge in [-0.05, 0) is 65.1 Å². The number of carbonyl (C=O) groups is 2. The number of anilines is 3. The summed E-state index contributed by atoms with van der Waals surface area (Å²) in [6.45, 7) is 4.37. The first-order chi connectivity index (χ1) is 18.0. The normalized spacial score (nSPS) is 16.4. The van der Waals surface area contributed by atoms with Gasteiger partial charge in [-0.2, -0.15) is 0 Å². The van der Waals surface area contributed by atoms with E-state index in [1.54, 1.807) is 39.8 Å². The van der Waals surface area contributed by atoms with E-state index in [2.05, 4.69) is 28.0 Å². The molecule has 1 N–H and O–H groups in total. The number of benzene rings is 2. The van der Waals surface area contributed by atoms with Gasteiger partial charge >= 0.3 is 5.97 Å². The summed E-state index contributed by atoms with van der Waals surface area (Å²) in [5.41, 5.74) is 4.41. The van der Waals surface area contributed by atoms with Gasteiger partial charge in [0.1, 0.15) is 10.7 Å². The summed E-state index contributed by atoms with van der Waals surface area (Å²) in [5.74, 6) is -1.28. The van der Waals surface area contributed by atoms with Crippen LogP contribution in [0.2, 0.25) is 0 Å². The molecule has 9 heteroatoms. The van der Waals surface area contributed by atoms with Crippen LogP contribution in [0.5, 0.6) is 0 Å². The third-order valence-corrected chi connectivity index (χ3v) is 9.03. The summed E-state index contributed by atoms with van der Waals surface area (Å²) >= 11 is 2.70. The van der Waals surface area contributed by atoms with Crippen LogP contribution in [0.15, 0.2) is 53.2 Å². The van der Waals surface area contributed by atoms with Gasteiger partial charge in [-0.3, -0.25) is 14.6 Å². The molecular formula is C28H26FN3O3S2. The van der Waals surface area contributed by atoms with Gasteiger partial charge in [0.25, 0.3) is 0 Å². The summed E-state index contributed by atoms with van der Waals surface area (Å²) < 4.78 is 15.1. The number of hydrogen-bond donors (Lipinski definition) is 1. The Balaban J connectivity index is 1.14. The molecule has 2 aromatic heterocycles. The van der Waals surface area contributed by atoms with E-state index in [4.69, 9.17) is 0 Å². The van der Waals surface area contributed by atoms with E-state index < -0.39 is 5.97 Å². The number of rotatable bonds is 6. The number of piperazine rings is 1. The maximum atomic E-state index is 14.2. The topological polar surface area (TPSA) is 64.1 Å². The molecule has 0 saturated carbocycles. The minimum absolute atomic E-state index is 0.0706. The monoisotopic (exact) mass is 535 g/mol. The SMILES string of the molecule is O=C(O)c1sccc1N1C(=O)CCc2ccc(CCN3CCN(c4cc(F)cc5sccc45)CC3)cc21. The number of carboxylic acid groups (broad SMARTS) is 1. The highest BCUT2D eigenvalue weighted by Crippen LogP contribution is 2.39. The Bertz CT molecular complexity index is 1490. The Kier molecular flexibility index (Phi) is 6.44. The van der Waals surface area contributed by atoms with Crippen LogP contribution in [0, 0.1) is 5.82 Å². The number of aromatic carboxylic acids is 1. The molecule has 1 saturated heterocycles. The lowest BCUT2D eigenvalue weighted by Gasteiger charge is -2.36. The van der Waals surface area contributed by atoms with Crippen LogP contribution >= 0.6 is 22.7 Å². The van der Waals surface area contributed by atoms with Gasteiger partial charge in [-0.25, -0.2) is 9.18 Å². The second-order valence-electron chi connectivity index (χ2n) is 9.47. The second kappa shape index (κ2) is 9.89. The third kappa shape index (κ3) is 4.63. The summed E-state index contributed by atoms with van der Waals surface area (Å²) in [7, 11) is 0. The smallest absolute Gasteiger partial charge is 0.348 e. The minimum atomic E-state index is -1.02. The molecule has 0 spiro atoms. The molecule has 190 valence electrons.